The summed E-state index contributed by atoms with van der Waals surface area (Å²) in [4.78, 5) is 0. The van der Waals surface area contributed by atoms with Crippen molar-refractivity contribution in [3.8, 4) is 11.5 Å². The first-order valence-corrected chi connectivity index (χ1v) is 4.88. The van der Waals surface area contributed by atoms with Crippen LogP contribution in [0, 0.1) is 0 Å². The minimum atomic E-state index is -0.281. The van der Waals surface area contributed by atoms with E-state index in [2.05, 4.69) is 0 Å². The lowest BCUT2D eigenvalue weighted by Crippen LogP contribution is -2.33. The number of aliphatic hydroxyl groups excluding tert-OH is 1. The minimum absolute atomic E-state index is 0.116. The van der Waals surface area contributed by atoms with Crippen LogP contribution in [-0.4, -0.2) is 31.2 Å². The molecule has 0 aliphatic carbocycles. The van der Waals surface area contributed by atoms with Crippen molar-refractivity contribution in [3.05, 3.63) is 10.8 Å². The lowest BCUT2D eigenvalue weighted by molar-refractivity contribution is -0.0506. The molecule has 0 saturated carbocycles. The first-order chi connectivity index (χ1) is 6.40. The standard InChI is InChI=1S/C8H10O4S/c9-5-10-1-6-2-11-7-3-13-4-8(7)12-6/h3-4,6,9H,1-2,5H2. The summed E-state index contributed by atoms with van der Waals surface area (Å²) in [6, 6.07) is 0. The van der Waals surface area contributed by atoms with E-state index in [-0.39, 0.29) is 12.9 Å². The van der Waals surface area contributed by atoms with Crippen molar-refractivity contribution in [1.82, 2.24) is 0 Å². The van der Waals surface area contributed by atoms with Gasteiger partial charge in [-0.15, -0.1) is 11.3 Å². The first kappa shape index (κ1) is 8.80. The smallest absolute Gasteiger partial charge is 0.172 e. The number of thiophene rings is 1. The fourth-order valence-corrected chi connectivity index (χ4v) is 1.80. The summed E-state index contributed by atoms with van der Waals surface area (Å²) in [5.41, 5.74) is 0. The summed E-state index contributed by atoms with van der Waals surface area (Å²) >= 11 is 1.54. The fourth-order valence-electron chi connectivity index (χ4n) is 1.13. The van der Waals surface area contributed by atoms with Crippen molar-refractivity contribution < 1.29 is 19.3 Å². The quantitative estimate of drug-likeness (QED) is 0.738. The van der Waals surface area contributed by atoms with Gasteiger partial charge < -0.3 is 19.3 Å². The van der Waals surface area contributed by atoms with Crippen LogP contribution in [0.2, 0.25) is 0 Å². The van der Waals surface area contributed by atoms with Gasteiger partial charge in [0.1, 0.15) is 13.4 Å². The Labute approximate surface area is 79.7 Å². The number of hydrogen-bond acceptors (Lipinski definition) is 5. The third-order valence-corrected chi connectivity index (χ3v) is 2.41. The predicted octanol–water partition coefficient (Wildman–Crippen LogP) is 0.854. The van der Waals surface area contributed by atoms with E-state index in [0.717, 1.165) is 11.5 Å². The fraction of sp³-hybridized carbons (Fsp3) is 0.500. The molecule has 1 unspecified atom stereocenters. The Hall–Kier alpha value is -0.780. The molecule has 72 valence electrons. The molecule has 13 heavy (non-hydrogen) atoms. The Morgan fingerprint density at radius 2 is 2.38 bits per heavy atom. The molecule has 1 atom stereocenters. The molecular weight excluding hydrogens is 192 g/mol. The van der Waals surface area contributed by atoms with Gasteiger partial charge in [-0.2, -0.15) is 0 Å². The van der Waals surface area contributed by atoms with Crippen molar-refractivity contribution in [2.24, 2.45) is 0 Å². The van der Waals surface area contributed by atoms with Gasteiger partial charge in [-0.05, 0) is 0 Å². The highest BCUT2D eigenvalue weighted by Crippen LogP contribution is 2.35. The largest absolute Gasteiger partial charge is 0.485 e. The molecule has 0 aromatic carbocycles. The van der Waals surface area contributed by atoms with Crippen LogP contribution in [0.4, 0.5) is 0 Å². The average Bonchev–Trinajstić information content (AvgIpc) is 2.61. The maximum Gasteiger partial charge on any atom is 0.172 e. The third kappa shape index (κ3) is 1.93. The molecule has 5 heteroatoms. The Kier molecular flexibility index (Phi) is 2.68. The Morgan fingerprint density at radius 3 is 3.23 bits per heavy atom. The van der Waals surface area contributed by atoms with E-state index in [4.69, 9.17) is 19.3 Å². The van der Waals surface area contributed by atoms with Crippen LogP contribution in [0.5, 0.6) is 11.5 Å². The van der Waals surface area contributed by atoms with Crippen molar-refractivity contribution in [2.75, 3.05) is 20.0 Å². The van der Waals surface area contributed by atoms with Crippen molar-refractivity contribution in [1.29, 1.82) is 0 Å². The van der Waals surface area contributed by atoms with Crippen molar-refractivity contribution in [2.45, 2.75) is 6.10 Å². The summed E-state index contributed by atoms with van der Waals surface area (Å²) in [7, 11) is 0. The Bertz CT molecular complexity index is 273. The van der Waals surface area contributed by atoms with E-state index in [1.54, 1.807) is 11.3 Å². The number of rotatable bonds is 3. The monoisotopic (exact) mass is 202 g/mol. The average molecular weight is 202 g/mol. The van der Waals surface area contributed by atoms with E-state index in [9.17, 15) is 0 Å². The molecule has 0 spiro atoms. The maximum atomic E-state index is 8.44. The second kappa shape index (κ2) is 3.95. The van der Waals surface area contributed by atoms with Crippen LogP contribution in [0.15, 0.2) is 10.8 Å². The first-order valence-electron chi connectivity index (χ1n) is 3.94. The van der Waals surface area contributed by atoms with Crippen LogP contribution in [0.25, 0.3) is 0 Å². The normalized spacial score (nSPS) is 20.2. The van der Waals surface area contributed by atoms with Gasteiger partial charge in [0.05, 0.1) is 6.61 Å². The van der Waals surface area contributed by atoms with Gasteiger partial charge in [0, 0.05) is 10.8 Å². The highest BCUT2D eigenvalue weighted by atomic mass is 32.1. The van der Waals surface area contributed by atoms with Gasteiger partial charge in [-0.25, -0.2) is 0 Å². The SMILES string of the molecule is OCOCC1COc2cscc2O1. The van der Waals surface area contributed by atoms with Gasteiger partial charge >= 0.3 is 0 Å². The molecule has 0 amide bonds. The molecule has 2 rings (SSSR count). The molecular formula is C8H10O4S. The zero-order chi connectivity index (χ0) is 9.10. The molecule has 0 fully saturated rings. The van der Waals surface area contributed by atoms with E-state index in [0.29, 0.717) is 13.2 Å². The number of ether oxygens (including phenoxy) is 3. The summed E-state index contributed by atoms with van der Waals surface area (Å²) in [5.74, 6) is 1.56. The molecule has 0 radical (unpaired) electrons. The molecule has 0 saturated heterocycles. The van der Waals surface area contributed by atoms with Crippen LogP contribution < -0.4 is 9.47 Å². The molecule has 4 nitrogen and oxygen atoms in total. The van der Waals surface area contributed by atoms with Crippen LogP contribution >= 0.6 is 11.3 Å². The molecule has 1 N–H and O–H groups in total. The Balaban J connectivity index is 1.93. The van der Waals surface area contributed by atoms with Gasteiger partial charge in [-0.3, -0.25) is 0 Å². The zero-order valence-electron chi connectivity index (χ0n) is 6.93. The van der Waals surface area contributed by atoms with E-state index >= 15 is 0 Å². The predicted molar refractivity (Wildman–Crippen MR) is 47.3 cm³/mol. The van der Waals surface area contributed by atoms with Crippen molar-refractivity contribution >= 4 is 11.3 Å². The summed E-state index contributed by atoms with van der Waals surface area (Å²) in [6.07, 6.45) is -0.116. The second-order valence-electron chi connectivity index (χ2n) is 2.65. The molecule has 0 bridgehead atoms. The van der Waals surface area contributed by atoms with Crippen LogP contribution in [0.1, 0.15) is 0 Å². The molecule has 1 aliphatic rings. The molecule has 2 heterocycles. The molecule has 1 aromatic rings. The van der Waals surface area contributed by atoms with Crippen LogP contribution in [0.3, 0.4) is 0 Å². The zero-order valence-corrected chi connectivity index (χ0v) is 7.75. The number of hydrogen-bond donors (Lipinski definition) is 1. The van der Waals surface area contributed by atoms with Crippen LogP contribution in [-0.2, 0) is 4.74 Å². The molecule has 1 aliphatic heterocycles. The Morgan fingerprint density at radius 1 is 1.54 bits per heavy atom. The topological polar surface area (TPSA) is 47.9 Å². The number of aliphatic hydroxyl groups is 1. The number of fused-ring (bicyclic) bond motifs is 1. The highest BCUT2D eigenvalue weighted by Gasteiger charge is 2.21. The third-order valence-electron chi connectivity index (χ3n) is 1.71. The summed E-state index contributed by atoms with van der Waals surface area (Å²) < 4.78 is 15.7. The van der Waals surface area contributed by atoms with E-state index < -0.39 is 0 Å². The van der Waals surface area contributed by atoms with Gasteiger partial charge in [-0.1, -0.05) is 0 Å². The summed E-state index contributed by atoms with van der Waals surface area (Å²) in [5, 5.41) is 12.2. The lowest BCUT2D eigenvalue weighted by Gasteiger charge is -2.23. The van der Waals surface area contributed by atoms with E-state index in [1.165, 1.54) is 0 Å². The van der Waals surface area contributed by atoms with E-state index in [1.807, 2.05) is 10.8 Å². The van der Waals surface area contributed by atoms with Gasteiger partial charge in [0.15, 0.2) is 17.6 Å². The van der Waals surface area contributed by atoms with Gasteiger partial charge in [0.25, 0.3) is 0 Å². The molecule has 1 aromatic heterocycles. The second-order valence-corrected chi connectivity index (χ2v) is 3.39. The minimum Gasteiger partial charge on any atom is -0.485 e. The summed E-state index contributed by atoms with van der Waals surface area (Å²) in [6.45, 7) is 0.547. The van der Waals surface area contributed by atoms with Crippen molar-refractivity contribution in [3.63, 3.8) is 0 Å². The highest BCUT2D eigenvalue weighted by molar-refractivity contribution is 7.08. The van der Waals surface area contributed by atoms with Gasteiger partial charge in [0.2, 0.25) is 0 Å². The lowest BCUT2D eigenvalue weighted by atomic mass is 10.3. The maximum absolute atomic E-state index is 8.44.